The molecule has 4 nitrogen and oxygen atoms in total. The highest BCUT2D eigenvalue weighted by atomic mass is 16.3. The van der Waals surface area contributed by atoms with E-state index >= 15 is 0 Å². The van der Waals surface area contributed by atoms with Gasteiger partial charge in [0.25, 0.3) is 0 Å². The van der Waals surface area contributed by atoms with Gasteiger partial charge in [0.05, 0.1) is 22.2 Å². The van der Waals surface area contributed by atoms with Gasteiger partial charge in [-0.1, -0.05) is 140 Å². The number of benzene rings is 8. The van der Waals surface area contributed by atoms with Crippen LogP contribution in [0.4, 0.5) is 0 Å². The Morgan fingerprint density at radius 2 is 1.08 bits per heavy atom. The van der Waals surface area contributed by atoms with Crippen molar-refractivity contribution in [3.8, 4) is 39.5 Å². The number of hydrogen-bond acceptors (Lipinski definition) is 3. The van der Waals surface area contributed by atoms with Crippen LogP contribution in [-0.4, -0.2) is 14.5 Å². The fourth-order valence-electron chi connectivity index (χ4n) is 7.99. The van der Waals surface area contributed by atoms with Gasteiger partial charge in [-0.3, -0.25) is 4.57 Å². The van der Waals surface area contributed by atoms with Gasteiger partial charge < -0.3 is 4.42 Å². The van der Waals surface area contributed by atoms with E-state index in [9.17, 15) is 0 Å². The molecule has 0 aliphatic heterocycles. The number of para-hydroxylation sites is 3. The number of furan rings is 1. The molecule has 52 heavy (non-hydrogen) atoms. The molecule has 0 unspecified atom stereocenters. The second-order valence-electron chi connectivity index (χ2n) is 13.4. The van der Waals surface area contributed by atoms with Crippen molar-refractivity contribution in [2.75, 3.05) is 0 Å². The van der Waals surface area contributed by atoms with Crippen LogP contribution in [0.1, 0.15) is 0 Å². The predicted octanol–water partition coefficient (Wildman–Crippen LogP) is 12.8. The first kappa shape index (κ1) is 28.8. The molecule has 8 aromatic carbocycles. The summed E-state index contributed by atoms with van der Waals surface area (Å²) >= 11 is 0. The largest absolute Gasteiger partial charge is 0.455 e. The van der Waals surface area contributed by atoms with E-state index in [1.54, 1.807) is 0 Å². The Morgan fingerprint density at radius 1 is 0.404 bits per heavy atom. The quantitative estimate of drug-likeness (QED) is 0.188. The molecule has 0 bridgehead atoms. The van der Waals surface area contributed by atoms with Gasteiger partial charge in [-0.25, -0.2) is 9.97 Å². The molecule has 0 aliphatic rings. The first-order valence-corrected chi connectivity index (χ1v) is 17.6. The normalized spacial score (nSPS) is 11.8. The Bertz CT molecular complexity index is 3180. The van der Waals surface area contributed by atoms with Crippen molar-refractivity contribution in [2.45, 2.75) is 0 Å². The van der Waals surface area contributed by atoms with E-state index in [1.165, 1.54) is 21.5 Å². The molecule has 0 radical (unpaired) electrons. The molecule has 242 valence electrons. The number of hydrogen-bond donors (Lipinski definition) is 0. The van der Waals surface area contributed by atoms with Gasteiger partial charge in [-0.05, 0) is 63.9 Å². The molecule has 0 saturated carbocycles. The summed E-state index contributed by atoms with van der Waals surface area (Å²) in [4.78, 5) is 10.9. The molecule has 11 aromatic rings. The van der Waals surface area contributed by atoms with E-state index in [0.717, 1.165) is 77.4 Å². The standard InChI is InChI=1S/C48H29N3O/c1-3-14-30(15-4-1)38-29-42-41(28-39(38)37-23-13-22-36-35-21-10-12-25-45(35)52-47(36)37)46(31-16-5-2-6-17-31)50-48(49-42)51-43-24-11-9-20-34(43)40-26-32-18-7-8-19-33(32)27-44(40)51/h1-29H. The molecule has 0 saturated heterocycles. The van der Waals surface area contributed by atoms with E-state index in [-0.39, 0.29) is 0 Å². The fourth-order valence-corrected chi connectivity index (χ4v) is 7.99. The molecule has 4 heteroatoms. The number of fused-ring (bicyclic) bond motifs is 8. The maximum Gasteiger partial charge on any atom is 0.235 e. The number of aromatic nitrogens is 3. The van der Waals surface area contributed by atoms with Gasteiger partial charge in [-0.15, -0.1) is 0 Å². The molecule has 3 heterocycles. The van der Waals surface area contributed by atoms with Crippen molar-refractivity contribution >= 4 is 65.4 Å². The number of rotatable bonds is 4. The van der Waals surface area contributed by atoms with E-state index < -0.39 is 0 Å². The lowest BCUT2D eigenvalue weighted by molar-refractivity contribution is 0.670. The van der Waals surface area contributed by atoms with Gasteiger partial charge in [0.1, 0.15) is 11.2 Å². The van der Waals surface area contributed by atoms with Crippen LogP contribution in [0, 0.1) is 0 Å². The second kappa shape index (κ2) is 11.2. The summed E-state index contributed by atoms with van der Waals surface area (Å²) in [5.41, 5.74) is 11.0. The van der Waals surface area contributed by atoms with Crippen LogP contribution in [0.2, 0.25) is 0 Å². The maximum absolute atomic E-state index is 6.60. The minimum Gasteiger partial charge on any atom is -0.455 e. The summed E-state index contributed by atoms with van der Waals surface area (Å²) in [7, 11) is 0. The molecule has 3 aromatic heterocycles. The van der Waals surface area contributed by atoms with E-state index in [0.29, 0.717) is 5.95 Å². The third kappa shape index (κ3) is 4.34. The zero-order valence-electron chi connectivity index (χ0n) is 28.0. The Morgan fingerprint density at radius 3 is 1.90 bits per heavy atom. The van der Waals surface area contributed by atoms with Gasteiger partial charge in [0.15, 0.2) is 0 Å². The monoisotopic (exact) mass is 663 g/mol. The van der Waals surface area contributed by atoms with Crippen LogP contribution >= 0.6 is 0 Å². The average molecular weight is 664 g/mol. The van der Waals surface area contributed by atoms with Gasteiger partial charge in [-0.2, -0.15) is 0 Å². The summed E-state index contributed by atoms with van der Waals surface area (Å²) in [6, 6.07) is 61.9. The smallest absolute Gasteiger partial charge is 0.235 e. The molecule has 0 N–H and O–H groups in total. The summed E-state index contributed by atoms with van der Waals surface area (Å²) in [5, 5.41) is 7.93. The van der Waals surface area contributed by atoms with Crippen LogP contribution in [0.5, 0.6) is 0 Å². The molecule has 0 aliphatic carbocycles. The summed E-state index contributed by atoms with van der Waals surface area (Å²) < 4.78 is 8.83. The van der Waals surface area contributed by atoms with Gasteiger partial charge in [0, 0.05) is 38.1 Å². The van der Waals surface area contributed by atoms with Crippen molar-refractivity contribution in [2.24, 2.45) is 0 Å². The van der Waals surface area contributed by atoms with Crippen molar-refractivity contribution in [1.82, 2.24) is 14.5 Å². The zero-order chi connectivity index (χ0) is 34.2. The van der Waals surface area contributed by atoms with Gasteiger partial charge in [0.2, 0.25) is 5.95 Å². The first-order valence-electron chi connectivity index (χ1n) is 17.6. The molecule has 11 rings (SSSR count). The molecular formula is C48H29N3O. The van der Waals surface area contributed by atoms with Crippen LogP contribution in [0.25, 0.3) is 105 Å². The molecule has 0 spiro atoms. The SMILES string of the molecule is c1ccc(-c2cc3nc(-n4c5ccccc5c5cc6ccccc6cc54)nc(-c4ccccc4)c3cc2-c2cccc3c2oc2ccccc23)cc1. The third-order valence-electron chi connectivity index (χ3n) is 10.4. The van der Waals surface area contributed by atoms with Crippen LogP contribution in [0.15, 0.2) is 180 Å². The Kier molecular flexibility index (Phi) is 6.22. The van der Waals surface area contributed by atoms with Gasteiger partial charge >= 0.3 is 0 Å². The van der Waals surface area contributed by atoms with E-state index in [4.69, 9.17) is 14.4 Å². The fraction of sp³-hybridized carbons (Fsp3) is 0. The zero-order valence-corrected chi connectivity index (χ0v) is 28.0. The Balaban J connectivity index is 1.26. The average Bonchev–Trinajstić information content (AvgIpc) is 3.75. The number of nitrogens with zero attached hydrogens (tertiary/aromatic N) is 3. The van der Waals surface area contributed by atoms with Crippen molar-refractivity contribution in [3.63, 3.8) is 0 Å². The maximum atomic E-state index is 6.60. The third-order valence-corrected chi connectivity index (χ3v) is 10.4. The van der Waals surface area contributed by atoms with Crippen LogP contribution in [0.3, 0.4) is 0 Å². The Hall–Kier alpha value is -7.04. The molecule has 0 amide bonds. The highest BCUT2D eigenvalue weighted by Crippen LogP contribution is 2.43. The van der Waals surface area contributed by atoms with E-state index in [2.05, 4.69) is 162 Å². The van der Waals surface area contributed by atoms with Crippen molar-refractivity contribution < 1.29 is 4.42 Å². The van der Waals surface area contributed by atoms with E-state index in [1.807, 2.05) is 18.2 Å². The summed E-state index contributed by atoms with van der Waals surface area (Å²) in [6.07, 6.45) is 0. The molecular weight excluding hydrogens is 635 g/mol. The lowest BCUT2D eigenvalue weighted by atomic mass is 9.91. The van der Waals surface area contributed by atoms with Crippen LogP contribution in [-0.2, 0) is 0 Å². The van der Waals surface area contributed by atoms with Crippen LogP contribution < -0.4 is 0 Å². The predicted molar refractivity (Wildman–Crippen MR) is 215 cm³/mol. The first-order chi connectivity index (χ1) is 25.8. The van der Waals surface area contributed by atoms with Crippen molar-refractivity contribution in [3.05, 3.63) is 176 Å². The molecule has 0 atom stereocenters. The summed E-state index contributed by atoms with van der Waals surface area (Å²) in [6.45, 7) is 0. The topological polar surface area (TPSA) is 43.9 Å². The summed E-state index contributed by atoms with van der Waals surface area (Å²) in [5.74, 6) is 0.638. The second-order valence-corrected chi connectivity index (χ2v) is 13.4. The Labute approximate surface area is 298 Å². The highest BCUT2D eigenvalue weighted by Gasteiger charge is 2.22. The minimum atomic E-state index is 0.638. The molecule has 0 fully saturated rings. The van der Waals surface area contributed by atoms with Crippen molar-refractivity contribution in [1.29, 1.82) is 0 Å². The lowest BCUT2D eigenvalue weighted by Crippen LogP contribution is -2.04. The highest BCUT2D eigenvalue weighted by molar-refractivity contribution is 6.14. The minimum absolute atomic E-state index is 0.638. The lowest BCUT2D eigenvalue weighted by Gasteiger charge is -2.16.